The second-order valence-corrected chi connectivity index (χ2v) is 6.81. The van der Waals surface area contributed by atoms with E-state index in [4.69, 9.17) is 0 Å². The molecule has 19 heavy (non-hydrogen) atoms. The normalized spacial score (nSPS) is 12.6. The average Bonchev–Trinajstić information content (AvgIpc) is 2.87. The first kappa shape index (κ1) is 14.8. The highest BCUT2D eigenvalue weighted by Gasteiger charge is 2.15. The van der Waals surface area contributed by atoms with Gasteiger partial charge in [0.1, 0.15) is 0 Å². The molecule has 0 fully saturated rings. The minimum Gasteiger partial charge on any atom is -0.319 e. The summed E-state index contributed by atoms with van der Waals surface area (Å²) in [5.74, 6) is 0.518. The molecule has 0 aliphatic rings. The number of thiophene rings is 1. The maximum atomic E-state index is 3.67. The van der Waals surface area contributed by atoms with Crippen LogP contribution in [0.15, 0.2) is 40.9 Å². The third-order valence-corrected chi connectivity index (χ3v) is 5.28. The van der Waals surface area contributed by atoms with Gasteiger partial charge < -0.3 is 5.32 Å². The van der Waals surface area contributed by atoms with Crippen molar-refractivity contribution in [2.45, 2.75) is 25.7 Å². The summed E-state index contributed by atoms with van der Waals surface area (Å²) < 4.78 is 1.21. The number of nitrogens with one attached hydrogen (secondary N) is 1. The fourth-order valence-corrected chi connectivity index (χ4v) is 3.96. The van der Waals surface area contributed by atoms with Crippen molar-refractivity contribution in [2.75, 3.05) is 13.6 Å². The fourth-order valence-electron chi connectivity index (χ4n) is 2.31. The Kier molecular flexibility index (Phi) is 5.61. The second-order valence-electron chi connectivity index (χ2n) is 4.70. The van der Waals surface area contributed by atoms with E-state index >= 15 is 0 Å². The van der Waals surface area contributed by atoms with Crippen LogP contribution >= 0.6 is 27.3 Å². The van der Waals surface area contributed by atoms with Gasteiger partial charge in [-0.2, -0.15) is 0 Å². The molecule has 1 aromatic carbocycles. The third-order valence-electron chi connectivity index (χ3n) is 3.31. The zero-order valence-corrected chi connectivity index (χ0v) is 13.9. The molecule has 102 valence electrons. The van der Waals surface area contributed by atoms with Gasteiger partial charge in [0.05, 0.1) is 0 Å². The van der Waals surface area contributed by atoms with Gasteiger partial charge in [0, 0.05) is 26.7 Å². The largest absolute Gasteiger partial charge is 0.319 e. The van der Waals surface area contributed by atoms with Crippen LogP contribution in [0.3, 0.4) is 0 Å². The zero-order valence-electron chi connectivity index (χ0n) is 11.4. The predicted molar refractivity (Wildman–Crippen MR) is 88.2 cm³/mol. The molecule has 0 saturated carbocycles. The maximum Gasteiger partial charge on any atom is 0.0210 e. The molecule has 3 heteroatoms. The standard InChI is InChI=1S/C16H20BrNS/c1-3-13-8-9-14(19-13)10-12(11-18-2)15-6-4-5-7-16(15)17/h4-9,12,18H,3,10-11H2,1-2H3. The van der Waals surface area contributed by atoms with Crippen molar-refractivity contribution in [2.24, 2.45) is 0 Å². The van der Waals surface area contributed by atoms with Gasteiger partial charge in [-0.3, -0.25) is 0 Å². The van der Waals surface area contributed by atoms with E-state index in [9.17, 15) is 0 Å². The van der Waals surface area contributed by atoms with Crippen molar-refractivity contribution >= 4 is 27.3 Å². The van der Waals surface area contributed by atoms with E-state index in [1.165, 1.54) is 19.8 Å². The number of hydrogen-bond donors (Lipinski definition) is 1. The lowest BCUT2D eigenvalue weighted by Gasteiger charge is -2.17. The summed E-state index contributed by atoms with van der Waals surface area (Å²) >= 11 is 5.62. The van der Waals surface area contributed by atoms with Gasteiger partial charge in [0.2, 0.25) is 0 Å². The van der Waals surface area contributed by atoms with E-state index in [2.05, 4.69) is 64.6 Å². The quantitative estimate of drug-likeness (QED) is 0.810. The van der Waals surface area contributed by atoms with E-state index in [0.717, 1.165) is 19.4 Å². The fraction of sp³-hybridized carbons (Fsp3) is 0.375. The molecular weight excluding hydrogens is 318 g/mol. The molecule has 1 aromatic heterocycles. The second kappa shape index (κ2) is 7.22. The Morgan fingerprint density at radius 1 is 1.16 bits per heavy atom. The summed E-state index contributed by atoms with van der Waals surface area (Å²) in [6.45, 7) is 3.22. The predicted octanol–water partition coefficient (Wildman–Crippen LogP) is 4.62. The summed E-state index contributed by atoms with van der Waals surface area (Å²) in [6.07, 6.45) is 2.24. The summed E-state index contributed by atoms with van der Waals surface area (Å²) in [7, 11) is 2.02. The lowest BCUT2D eigenvalue weighted by molar-refractivity contribution is 0.628. The SMILES string of the molecule is CCc1ccc(CC(CNC)c2ccccc2Br)s1. The molecule has 1 atom stereocenters. The van der Waals surface area contributed by atoms with E-state index in [1.807, 2.05) is 18.4 Å². The van der Waals surface area contributed by atoms with Gasteiger partial charge in [-0.05, 0) is 43.7 Å². The number of hydrogen-bond acceptors (Lipinski definition) is 2. The minimum absolute atomic E-state index is 0.518. The Morgan fingerprint density at radius 2 is 1.89 bits per heavy atom. The van der Waals surface area contributed by atoms with Crippen LogP contribution in [0.4, 0.5) is 0 Å². The maximum absolute atomic E-state index is 3.67. The van der Waals surface area contributed by atoms with Gasteiger partial charge in [0.15, 0.2) is 0 Å². The lowest BCUT2D eigenvalue weighted by Crippen LogP contribution is -2.19. The van der Waals surface area contributed by atoms with E-state index in [0.29, 0.717) is 5.92 Å². The van der Waals surface area contributed by atoms with Crippen molar-refractivity contribution in [3.8, 4) is 0 Å². The van der Waals surface area contributed by atoms with E-state index in [1.54, 1.807) is 0 Å². The minimum atomic E-state index is 0.518. The summed E-state index contributed by atoms with van der Waals surface area (Å²) in [4.78, 5) is 2.96. The van der Waals surface area contributed by atoms with Crippen LogP contribution in [0.2, 0.25) is 0 Å². The number of halogens is 1. The average molecular weight is 338 g/mol. The molecule has 0 bridgehead atoms. The van der Waals surface area contributed by atoms with Crippen LogP contribution in [0.5, 0.6) is 0 Å². The Labute approximate surface area is 128 Å². The van der Waals surface area contributed by atoms with Crippen LogP contribution in [0.1, 0.15) is 28.2 Å². The van der Waals surface area contributed by atoms with Crippen molar-refractivity contribution < 1.29 is 0 Å². The van der Waals surface area contributed by atoms with Crippen molar-refractivity contribution in [3.05, 3.63) is 56.2 Å². The Bertz CT molecular complexity index is 521. The van der Waals surface area contributed by atoms with Crippen LogP contribution in [-0.4, -0.2) is 13.6 Å². The highest BCUT2D eigenvalue weighted by atomic mass is 79.9. The molecule has 0 saturated heterocycles. The lowest BCUT2D eigenvalue weighted by atomic mass is 9.95. The van der Waals surface area contributed by atoms with Crippen LogP contribution in [-0.2, 0) is 12.8 Å². The van der Waals surface area contributed by atoms with Gasteiger partial charge in [-0.25, -0.2) is 0 Å². The Morgan fingerprint density at radius 3 is 2.53 bits per heavy atom. The monoisotopic (exact) mass is 337 g/mol. The molecule has 0 amide bonds. The van der Waals surface area contributed by atoms with Gasteiger partial charge >= 0.3 is 0 Å². The molecule has 0 spiro atoms. The van der Waals surface area contributed by atoms with Crippen molar-refractivity contribution in [3.63, 3.8) is 0 Å². The highest BCUT2D eigenvalue weighted by Crippen LogP contribution is 2.29. The molecule has 0 radical (unpaired) electrons. The molecule has 1 nitrogen and oxygen atoms in total. The number of rotatable bonds is 6. The smallest absolute Gasteiger partial charge is 0.0210 e. The van der Waals surface area contributed by atoms with E-state index < -0.39 is 0 Å². The molecule has 1 N–H and O–H groups in total. The van der Waals surface area contributed by atoms with Crippen LogP contribution < -0.4 is 5.32 Å². The molecule has 2 rings (SSSR count). The highest BCUT2D eigenvalue weighted by molar-refractivity contribution is 9.10. The van der Waals surface area contributed by atoms with E-state index in [-0.39, 0.29) is 0 Å². The van der Waals surface area contributed by atoms with Crippen molar-refractivity contribution in [1.82, 2.24) is 5.32 Å². The molecule has 1 unspecified atom stereocenters. The van der Waals surface area contributed by atoms with Crippen LogP contribution in [0, 0.1) is 0 Å². The molecule has 0 aliphatic heterocycles. The van der Waals surface area contributed by atoms with Crippen LogP contribution in [0.25, 0.3) is 0 Å². The summed E-state index contributed by atoms with van der Waals surface area (Å²) in [5.41, 5.74) is 1.39. The number of aryl methyl sites for hydroxylation is 1. The summed E-state index contributed by atoms with van der Waals surface area (Å²) in [6, 6.07) is 13.1. The number of likely N-dealkylation sites (N-methyl/N-ethyl adjacent to an activating group) is 1. The molecule has 0 aliphatic carbocycles. The Balaban J connectivity index is 2.18. The first-order chi connectivity index (χ1) is 9.24. The first-order valence-electron chi connectivity index (χ1n) is 6.71. The summed E-state index contributed by atoms with van der Waals surface area (Å²) in [5, 5.41) is 3.32. The van der Waals surface area contributed by atoms with Gasteiger partial charge in [-0.1, -0.05) is 41.1 Å². The molecular formula is C16H20BrNS. The molecule has 1 heterocycles. The van der Waals surface area contributed by atoms with Gasteiger partial charge in [0.25, 0.3) is 0 Å². The number of benzene rings is 1. The Hall–Kier alpha value is -0.640. The topological polar surface area (TPSA) is 12.0 Å². The zero-order chi connectivity index (χ0) is 13.7. The van der Waals surface area contributed by atoms with Gasteiger partial charge in [-0.15, -0.1) is 11.3 Å². The molecule has 2 aromatic rings. The van der Waals surface area contributed by atoms with Crippen molar-refractivity contribution in [1.29, 1.82) is 0 Å². The third kappa shape index (κ3) is 3.91. The first-order valence-corrected chi connectivity index (χ1v) is 8.32.